The van der Waals surface area contributed by atoms with Crippen LogP contribution in [0.15, 0.2) is 0 Å². The molecule has 7 nitrogen and oxygen atoms in total. The predicted molar refractivity (Wildman–Crippen MR) is 160 cm³/mol. The molecule has 8 heteroatoms. The first-order chi connectivity index (χ1) is 18.2. The van der Waals surface area contributed by atoms with Gasteiger partial charge in [-0.25, -0.2) is 4.57 Å². The lowest BCUT2D eigenvalue weighted by atomic mass is 10.0. The van der Waals surface area contributed by atoms with Crippen LogP contribution in [0.1, 0.15) is 129 Å². The molecule has 2 atom stereocenters. The quantitative estimate of drug-likeness (QED) is 0.0536. The van der Waals surface area contributed by atoms with Gasteiger partial charge in [0.15, 0.2) is 0 Å². The van der Waals surface area contributed by atoms with Crippen molar-refractivity contribution in [3.05, 3.63) is 0 Å². The zero-order chi connectivity index (χ0) is 28.4. The van der Waals surface area contributed by atoms with Gasteiger partial charge >= 0.3 is 7.82 Å². The van der Waals surface area contributed by atoms with Crippen LogP contribution >= 0.6 is 7.82 Å². The van der Waals surface area contributed by atoms with Crippen LogP contribution in [-0.2, 0) is 23.1 Å². The highest BCUT2D eigenvalue weighted by atomic mass is 31.2. The van der Waals surface area contributed by atoms with Crippen molar-refractivity contribution >= 4 is 7.82 Å². The number of hydrogen-bond donors (Lipinski definition) is 1. The van der Waals surface area contributed by atoms with Crippen LogP contribution in [0.2, 0.25) is 0 Å². The topological polar surface area (TPSA) is 74.2 Å². The van der Waals surface area contributed by atoms with E-state index in [1.807, 2.05) is 21.1 Å². The fourth-order valence-electron chi connectivity index (χ4n) is 4.18. The number of phosphoric ester groups is 1. The first kappa shape index (κ1) is 38.0. The van der Waals surface area contributed by atoms with Crippen LogP contribution in [-0.4, -0.2) is 76.2 Å². The van der Waals surface area contributed by atoms with Gasteiger partial charge in [-0.15, -0.1) is 0 Å². The molecule has 0 amide bonds. The Hall–Kier alpha value is -0.0100. The normalized spacial score (nSPS) is 14.6. The molecule has 230 valence electrons. The first-order valence-corrected chi connectivity index (χ1v) is 17.3. The minimum atomic E-state index is -4.11. The summed E-state index contributed by atoms with van der Waals surface area (Å²) >= 11 is 0. The number of nitrogens with zero attached hydrogens (tertiary/aromatic N) is 1. The van der Waals surface area contributed by atoms with Crippen molar-refractivity contribution in [1.82, 2.24) is 0 Å². The number of quaternary nitrogens is 1. The standard InChI is InChI=1S/C30H64NO6P/c1-6-8-10-12-13-14-15-16-17-18-19-20-21-23-26-35-30(28-34-25-22-11-9-7-2)29-37-38(32,33)36-27-24-31(3,4)5/h30H,6-29H2,1-5H3/p+1. The molecule has 0 aliphatic carbocycles. The predicted octanol–water partition coefficient (Wildman–Crippen LogP) is 8.29. The Bertz CT molecular complexity index is 543. The molecule has 38 heavy (non-hydrogen) atoms. The lowest BCUT2D eigenvalue weighted by Gasteiger charge is -2.24. The van der Waals surface area contributed by atoms with Crippen molar-refractivity contribution in [2.24, 2.45) is 0 Å². The highest BCUT2D eigenvalue weighted by Crippen LogP contribution is 2.43. The average Bonchev–Trinajstić information content (AvgIpc) is 2.85. The van der Waals surface area contributed by atoms with Crippen molar-refractivity contribution in [1.29, 1.82) is 0 Å². The van der Waals surface area contributed by atoms with Crippen LogP contribution < -0.4 is 0 Å². The molecule has 0 rings (SSSR count). The molecule has 0 aliphatic rings. The maximum absolute atomic E-state index is 12.3. The summed E-state index contributed by atoms with van der Waals surface area (Å²) in [7, 11) is 1.91. The van der Waals surface area contributed by atoms with Crippen molar-refractivity contribution in [2.75, 3.05) is 60.7 Å². The summed E-state index contributed by atoms with van der Waals surface area (Å²) in [6.45, 7) is 6.89. The molecule has 0 aliphatic heterocycles. The highest BCUT2D eigenvalue weighted by molar-refractivity contribution is 7.47. The molecule has 0 aromatic rings. The number of unbranched alkanes of at least 4 members (excludes halogenated alkanes) is 16. The van der Waals surface area contributed by atoms with Crippen LogP contribution in [0.4, 0.5) is 0 Å². The molecule has 0 spiro atoms. The monoisotopic (exact) mass is 566 g/mol. The van der Waals surface area contributed by atoms with Crippen LogP contribution in [0.3, 0.4) is 0 Å². The average molecular weight is 567 g/mol. The number of phosphoric acid groups is 1. The minimum absolute atomic E-state index is 0.00822. The van der Waals surface area contributed by atoms with Gasteiger partial charge in [0.05, 0.1) is 34.4 Å². The van der Waals surface area contributed by atoms with Gasteiger partial charge in [-0.2, -0.15) is 0 Å². The van der Waals surface area contributed by atoms with E-state index in [9.17, 15) is 9.46 Å². The van der Waals surface area contributed by atoms with Gasteiger partial charge in [0.25, 0.3) is 0 Å². The maximum Gasteiger partial charge on any atom is 0.472 e. The Morgan fingerprint density at radius 3 is 1.55 bits per heavy atom. The van der Waals surface area contributed by atoms with Gasteiger partial charge < -0.3 is 18.9 Å². The summed E-state index contributed by atoms with van der Waals surface area (Å²) in [5, 5.41) is 0. The third-order valence-corrected chi connectivity index (χ3v) is 7.72. The molecule has 0 heterocycles. The minimum Gasteiger partial charge on any atom is -0.379 e. The first-order valence-electron chi connectivity index (χ1n) is 15.8. The second-order valence-electron chi connectivity index (χ2n) is 11.8. The molecule has 0 aromatic carbocycles. The molecule has 0 saturated heterocycles. The molecule has 0 saturated carbocycles. The summed E-state index contributed by atoms with van der Waals surface area (Å²) in [4.78, 5) is 10.0. The van der Waals surface area contributed by atoms with Crippen molar-refractivity contribution in [3.63, 3.8) is 0 Å². The summed E-state index contributed by atoms with van der Waals surface area (Å²) in [6.07, 6.45) is 22.7. The third kappa shape index (κ3) is 29.0. The molecular weight excluding hydrogens is 501 g/mol. The number of rotatable bonds is 30. The van der Waals surface area contributed by atoms with E-state index in [-0.39, 0.29) is 19.3 Å². The van der Waals surface area contributed by atoms with E-state index in [4.69, 9.17) is 18.5 Å². The highest BCUT2D eigenvalue weighted by Gasteiger charge is 2.25. The smallest absolute Gasteiger partial charge is 0.379 e. The van der Waals surface area contributed by atoms with E-state index in [0.29, 0.717) is 30.8 Å². The van der Waals surface area contributed by atoms with E-state index in [1.54, 1.807) is 0 Å². The molecule has 0 fully saturated rings. The second kappa shape index (κ2) is 25.9. The Balaban J connectivity index is 4.03. The van der Waals surface area contributed by atoms with E-state index in [1.165, 1.54) is 89.9 Å². The Morgan fingerprint density at radius 2 is 1.05 bits per heavy atom. The van der Waals surface area contributed by atoms with Crippen LogP contribution in [0, 0.1) is 0 Å². The molecule has 0 radical (unpaired) electrons. The zero-order valence-corrected chi connectivity index (χ0v) is 26.8. The molecule has 1 N–H and O–H groups in total. The third-order valence-electron chi connectivity index (χ3n) is 6.74. The van der Waals surface area contributed by atoms with Crippen molar-refractivity contribution < 1.29 is 32.5 Å². The van der Waals surface area contributed by atoms with Gasteiger partial charge in [0.1, 0.15) is 19.3 Å². The van der Waals surface area contributed by atoms with Gasteiger partial charge in [-0.1, -0.05) is 117 Å². The summed E-state index contributed by atoms with van der Waals surface area (Å²) in [6, 6.07) is 0. The number of ether oxygens (including phenoxy) is 2. The molecule has 0 bridgehead atoms. The number of hydrogen-bond acceptors (Lipinski definition) is 5. The summed E-state index contributed by atoms with van der Waals surface area (Å²) < 4.78 is 35.1. The molecular formula is C30H65NO6P+. The second-order valence-corrected chi connectivity index (χ2v) is 13.3. The van der Waals surface area contributed by atoms with Gasteiger partial charge in [0, 0.05) is 13.2 Å². The zero-order valence-electron chi connectivity index (χ0n) is 25.9. The number of likely N-dealkylation sites (N-methyl/N-ethyl adjacent to an activating group) is 1. The fraction of sp³-hybridized carbons (Fsp3) is 1.00. The lowest BCUT2D eigenvalue weighted by molar-refractivity contribution is -0.870. The van der Waals surface area contributed by atoms with Crippen molar-refractivity contribution in [2.45, 2.75) is 136 Å². The SMILES string of the molecule is CCCCCCCCCCCCCCCCOC(COCCCCCC)COP(=O)(O)OCC[N+](C)(C)C. The Morgan fingerprint density at radius 1 is 0.605 bits per heavy atom. The fourth-order valence-corrected chi connectivity index (χ4v) is 4.92. The Kier molecular flexibility index (Phi) is 25.9. The summed E-state index contributed by atoms with van der Waals surface area (Å²) in [5.41, 5.74) is 0. The van der Waals surface area contributed by atoms with Crippen LogP contribution in [0.25, 0.3) is 0 Å². The lowest BCUT2D eigenvalue weighted by Crippen LogP contribution is -2.37. The van der Waals surface area contributed by atoms with Gasteiger partial charge in [-0.3, -0.25) is 9.05 Å². The maximum atomic E-state index is 12.3. The van der Waals surface area contributed by atoms with E-state index >= 15 is 0 Å². The van der Waals surface area contributed by atoms with E-state index in [2.05, 4.69) is 13.8 Å². The van der Waals surface area contributed by atoms with E-state index in [0.717, 1.165) is 25.7 Å². The van der Waals surface area contributed by atoms with Crippen LogP contribution in [0.5, 0.6) is 0 Å². The Labute approximate surface area is 236 Å². The molecule has 2 unspecified atom stereocenters. The molecule has 0 aromatic heterocycles. The van der Waals surface area contributed by atoms with Crippen molar-refractivity contribution in [3.8, 4) is 0 Å². The summed E-state index contributed by atoms with van der Waals surface area (Å²) in [5.74, 6) is 0. The largest absolute Gasteiger partial charge is 0.472 e. The van der Waals surface area contributed by atoms with Gasteiger partial charge in [-0.05, 0) is 12.8 Å². The van der Waals surface area contributed by atoms with E-state index < -0.39 is 7.82 Å². The van der Waals surface area contributed by atoms with Gasteiger partial charge in [0.2, 0.25) is 0 Å².